The summed E-state index contributed by atoms with van der Waals surface area (Å²) in [6, 6.07) is 13.0. The van der Waals surface area contributed by atoms with Crippen molar-refractivity contribution in [1.82, 2.24) is 20.4 Å². The number of carbonyl (C=O) groups excluding carboxylic acids is 1. The van der Waals surface area contributed by atoms with Crippen LogP contribution < -0.4 is 21.5 Å². The van der Waals surface area contributed by atoms with Gasteiger partial charge in [0.15, 0.2) is 11.6 Å². The Morgan fingerprint density at radius 2 is 1.92 bits per heavy atom. The SMILES string of the molecule is CN(c1ccccc1)c1ncnc(NNC(=O)c2cccnc2)c1N. The van der Waals surface area contributed by atoms with Gasteiger partial charge in [0.05, 0.1) is 5.56 Å². The molecule has 0 unspecified atom stereocenters. The number of carbonyl (C=O) groups is 1. The second-order valence-corrected chi connectivity index (χ2v) is 5.17. The molecular formula is C17H17N7O. The van der Waals surface area contributed by atoms with Crippen molar-refractivity contribution < 1.29 is 4.79 Å². The first kappa shape index (κ1) is 16.2. The van der Waals surface area contributed by atoms with Crippen molar-refractivity contribution in [3.8, 4) is 0 Å². The summed E-state index contributed by atoms with van der Waals surface area (Å²) >= 11 is 0. The lowest BCUT2D eigenvalue weighted by atomic mass is 10.3. The normalized spacial score (nSPS) is 10.1. The average molecular weight is 335 g/mol. The number of rotatable bonds is 5. The van der Waals surface area contributed by atoms with Gasteiger partial charge in [0, 0.05) is 25.1 Å². The highest BCUT2D eigenvalue weighted by atomic mass is 16.2. The van der Waals surface area contributed by atoms with Crippen LogP contribution in [-0.4, -0.2) is 27.9 Å². The molecule has 0 aliphatic heterocycles. The average Bonchev–Trinajstić information content (AvgIpc) is 2.68. The summed E-state index contributed by atoms with van der Waals surface area (Å²) in [5, 5.41) is 0. The molecule has 8 heteroatoms. The minimum atomic E-state index is -0.343. The van der Waals surface area contributed by atoms with E-state index in [-0.39, 0.29) is 5.91 Å². The van der Waals surface area contributed by atoms with Crippen LogP contribution in [0, 0.1) is 0 Å². The lowest BCUT2D eigenvalue weighted by Gasteiger charge is -2.21. The van der Waals surface area contributed by atoms with Gasteiger partial charge in [-0.25, -0.2) is 9.97 Å². The fraction of sp³-hybridized carbons (Fsp3) is 0.0588. The summed E-state index contributed by atoms with van der Waals surface area (Å²) in [5.74, 6) is 0.494. The molecule has 0 saturated carbocycles. The van der Waals surface area contributed by atoms with E-state index < -0.39 is 0 Å². The second-order valence-electron chi connectivity index (χ2n) is 5.17. The van der Waals surface area contributed by atoms with Gasteiger partial charge in [0.25, 0.3) is 5.91 Å². The molecule has 2 heterocycles. The standard InChI is InChI=1S/C17H17N7O/c1-24(13-7-3-2-4-8-13)16-14(18)15(20-11-21-16)22-23-17(25)12-6-5-9-19-10-12/h2-11H,18H2,1H3,(H,23,25)(H,20,21,22). The molecule has 4 N–H and O–H groups in total. The molecule has 0 aliphatic carbocycles. The Kier molecular flexibility index (Phi) is 4.70. The van der Waals surface area contributed by atoms with E-state index in [4.69, 9.17) is 5.73 Å². The van der Waals surface area contributed by atoms with E-state index >= 15 is 0 Å². The number of benzene rings is 1. The maximum Gasteiger partial charge on any atom is 0.271 e. The van der Waals surface area contributed by atoms with Gasteiger partial charge in [0.1, 0.15) is 12.0 Å². The molecule has 1 amide bonds. The van der Waals surface area contributed by atoms with Crippen molar-refractivity contribution in [2.24, 2.45) is 0 Å². The summed E-state index contributed by atoms with van der Waals surface area (Å²) < 4.78 is 0. The fourth-order valence-corrected chi connectivity index (χ4v) is 2.21. The van der Waals surface area contributed by atoms with E-state index in [1.165, 1.54) is 12.5 Å². The molecule has 126 valence electrons. The summed E-state index contributed by atoms with van der Waals surface area (Å²) in [7, 11) is 1.85. The molecule has 0 bridgehead atoms. The number of pyridine rings is 1. The molecule has 2 aromatic heterocycles. The Labute approximate surface area is 144 Å². The van der Waals surface area contributed by atoms with Gasteiger partial charge in [-0.15, -0.1) is 0 Å². The van der Waals surface area contributed by atoms with E-state index in [9.17, 15) is 4.79 Å². The van der Waals surface area contributed by atoms with Crippen LogP contribution in [0.1, 0.15) is 10.4 Å². The van der Waals surface area contributed by atoms with Crippen molar-refractivity contribution >= 4 is 28.9 Å². The fourth-order valence-electron chi connectivity index (χ4n) is 2.21. The van der Waals surface area contributed by atoms with Gasteiger partial charge < -0.3 is 10.6 Å². The lowest BCUT2D eigenvalue weighted by Crippen LogP contribution is -2.30. The van der Waals surface area contributed by atoms with E-state index in [1.54, 1.807) is 18.3 Å². The quantitative estimate of drug-likeness (QED) is 0.612. The summed E-state index contributed by atoms with van der Waals surface area (Å²) in [6.07, 6.45) is 4.44. The molecule has 3 aromatic rings. The first-order valence-electron chi connectivity index (χ1n) is 7.52. The minimum Gasteiger partial charge on any atom is -0.393 e. The number of nitrogens with two attached hydrogens (primary N) is 1. The van der Waals surface area contributed by atoms with Crippen molar-refractivity contribution in [3.05, 3.63) is 66.7 Å². The second kappa shape index (κ2) is 7.26. The predicted molar refractivity (Wildman–Crippen MR) is 96.3 cm³/mol. The zero-order valence-electron chi connectivity index (χ0n) is 13.5. The van der Waals surface area contributed by atoms with Crippen molar-refractivity contribution in [3.63, 3.8) is 0 Å². The molecule has 8 nitrogen and oxygen atoms in total. The number of nitrogens with zero attached hydrogens (tertiary/aromatic N) is 4. The molecule has 0 fully saturated rings. The topological polar surface area (TPSA) is 109 Å². The Morgan fingerprint density at radius 3 is 2.64 bits per heavy atom. The van der Waals surface area contributed by atoms with Crippen LogP contribution in [-0.2, 0) is 0 Å². The summed E-state index contributed by atoms with van der Waals surface area (Å²) in [4.78, 5) is 26.1. The predicted octanol–water partition coefficient (Wildman–Crippen LogP) is 1.98. The first-order valence-corrected chi connectivity index (χ1v) is 7.52. The highest BCUT2D eigenvalue weighted by Gasteiger charge is 2.14. The molecular weight excluding hydrogens is 318 g/mol. The van der Waals surface area contributed by atoms with Crippen LogP contribution in [0.5, 0.6) is 0 Å². The highest BCUT2D eigenvalue weighted by molar-refractivity contribution is 5.94. The number of nitrogen functional groups attached to an aromatic ring is 1. The highest BCUT2D eigenvalue weighted by Crippen LogP contribution is 2.29. The van der Waals surface area contributed by atoms with Gasteiger partial charge in [-0.05, 0) is 24.3 Å². The third kappa shape index (κ3) is 3.63. The van der Waals surface area contributed by atoms with Crippen LogP contribution in [0.25, 0.3) is 0 Å². The summed E-state index contributed by atoms with van der Waals surface area (Å²) in [5.41, 5.74) is 13.1. The van der Waals surface area contributed by atoms with Gasteiger partial charge >= 0.3 is 0 Å². The third-order valence-corrected chi connectivity index (χ3v) is 3.54. The smallest absolute Gasteiger partial charge is 0.271 e. The Balaban J connectivity index is 1.76. The van der Waals surface area contributed by atoms with E-state index in [0.29, 0.717) is 22.9 Å². The summed E-state index contributed by atoms with van der Waals surface area (Å²) in [6.45, 7) is 0. The van der Waals surface area contributed by atoms with Crippen LogP contribution in [0.4, 0.5) is 23.0 Å². The number of hydrogen-bond donors (Lipinski definition) is 3. The molecule has 0 radical (unpaired) electrons. The van der Waals surface area contributed by atoms with E-state index in [0.717, 1.165) is 5.69 Å². The van der Waals surface area contributed by atoms with Gasteiger partial charge in [-0.2, -0.15) is 0 Å². The molecule has 1 aromatic carbocycles. The number of anilines is 4. The Hall–Kier alpha value is -3.68. The third-order valence-electron chi connectivity index (χ3n) is 3.54. The molecule has 0 spiro atoms. The Morgan fingerprint density at radius 1 is 1.12 bits per heavy atom. The van der Waals surface area contributed by atoms with Gasteiger partial charge in [-0.1, -0.05) is 18.2 Å². The molecule has 3 rings (SSSR count). The van der Waals surface area contributed by atoms with Crippen LogP contribution >= 0.6 is 0 Å². The van der Waals surface area contributed by atoms with Crippen molar-refractivity contribution in [2.45, 2.75) is 0 Å². The maximum absolute atomic E-state index is 12.1. The van der Waals surface area contributed by atoms with E-state index in [1.807, 2.05) is 42.3 Å². The zero-order chi connectivity index (χ0) is 17.6. The lowest BCUT2D eigenvalue weighted by molar-refractivity contribution is 0.0962. The van der Waals surface area contributed by atoms with Crippen LogP contribution in [0.2, 0.25) is 0 Å². The molecule has 0 atom stereocenters. The van der Waals surface area contributed by atoms with Crippen molar-refractivity contribution in [1.29, 1.82) is 0 Å². The number of hydrazine groups is 1. The van der Waals surface area contributed by atoms with Gasteiger partial charge in [-0.3, -0.25) is 20.6 Å². The largest absolute Gasteiger partial charge is 0.393 e. The molecule has 0 aliphatic rings. The van der Waals surface area contributed by atoms with Crippen LogP contribution in [0.3, 0.4) is 0 Å². The zero-order valence-corrected chi connectivity index (χ0v) is 13.5. The van der Waals surface area contributed by atoms with Crippen molar-refractivity contribution in [2.75, 3.05) is 23.1 Å². The maximum atomic E-state index is 12.1. The van der Waals surface area contributed by atoms with E-state index in [2.05, 4.69) is 25.8 Å². The number of amides is 1. The molecule has 25 heavy (non-hydrogen) atoms. The van der Waals surface area contributed by atoms with Crippen LogP contribution in [0.15, 0.2) is 61.2 Å². The number of nitrogens with one attached hydrogen (secondary N) is 2. The number of hydrogen-bond acceptors (Lipinski definition) is 7. The number of aromatic nitrogens is 3. The minimum absolute atomic E-state index is 0.310. The number of para-hydroxylation sites is 1. The first-order chi connectivity index (χ1) is 12.2. The van der Waals surface area contributed by atoms with Gasteiger partial charge in [0.2, 0.25) is 0 Å². The molecule has 0 saturated heterocycles. The Bertz CT molecular complexity index is 855. The monoisotopic (exact) mass is 335 g/mol.